The summed E-state index contributed by atoms with van der Waals surface area (Å²) in [5, 5.41) is 78.6. The van der Waals surface area contributed by atoms with E-state index in [4.69, 9.17) is 14.2 Å². The van der Waals surface area contributed by atoms with Crippen molar-refractivity contribution >= 4 is 18.1 Å². The first-order valence-corrected chi connectivity index (χ1v) is 11.6. The van der Waals surface area contributed by atoms with Gasteiger partial charge in [0.2, 0.25) is 6.29 Å². The average Bonchev–Trinajstić information content (AvgIpc) is 2.90. The second-order valence-corrected chi connectivity index (χ2v) is 8.78. The summed E-state index contributed by atoms with van der Waals surface area (Å²) < 4.78 is 16.2. The van der Waals surface area contributed by atoms with Crippen LogP contribution in [0.5, 0.6) is 34.5 Å². The van der Waals surface area contributed by atoms with Crippen LogP contribution in [-0.4, -0.2) is 84.1 Å². The van der Waals surface area contributed by atoms with Gasteiger partial charge in [-0.2, -0.15) is 0 Å². The molecule has 3 aromatic rings. The van der Waals surface area contributed by atoms with Crippen LogP contribution in [0.2, 0.25) is 0 Å². The van der Waals surface area contributed by atoms with Crippen molar-refractivity contribution in [2.75, 3.05) is 6.61 Å². The Balaban J connectivity index is 1.38. The van der Waals surface area contributed by atoms with Gasteiger partial charge in [-0.25, -0.2) is 4.79 Å². The van der Waals surface area contributed by atoms with Crippen LogP contribution in [0.4, 0.5) is 0 Å². The van der Waals surface area contributed by atoms with Crippen molar-refractivity contribution in [2.24, 2.45) is 0 Å². The van der Waals surface area contributed by atoms with Gasteiger partial charge in [0, 0.05) is 6.07 Å². The van der Waals surface area contributed by atoms with Gasteiger partial charge in [0.15, 0.2) is 17.2 Å². The Labute approximate surface area is 221 Å². The first kappa shape index (κ1) is 27.5. The highest BCUT2D eigenvalue weighted by atomic mass is 16.7. The van der Waals surface area contributed by atoms with Gasteiger partial charge in [-0.1, -0.05) is 24.3 Å². The number of hydrogen-bond acceptors (Lipinski definition) is 12. The Morgan fingerprint density at radius 2 is 1.36 bits per heavy atom. The molecule has 206 valence electrons. The van der Waals surface area contributed by atoms with Crippen LogP contribution in [0.25, 0.3) is 12.2 Å². The second kappa shape index (κ2) is 11.5. The highest BCUT2D eigenvalue weighted by molar-refractivity contribution is 5.91. The lowest BCUT2D eigenvalue weighted by Gasteiger charge is -2.39. The first-order chi connectivity index (χ1) is 18.5. The molecule has 0 saturated carbocycles. The van der Waals surface area contributed by atoms with E-state index in [-0.39, 0.29) is 22.8 Å². The smallest absolute Gasteiger partial charge is 0.338 e. The zero-order valence-corrected chi connectivity index (χ0v) is 20.2. The second-order valence-electron chi connectivity index (χ2n) is 8.78. The maximum Gasteiger partial charge on any atom is 0.338 e. The monoisotopic (exact) mass is 542 g/mol. The lowest BCUT2D eigenvalue weighted by molar-refractivity contribution is -0.277. The van der Waals surface area contributed by atoms with Gasteiger partial charge >= 0.3 is 5.97 Å². The highest BCUT2D eigenvalue weighted by Crippen LogP contribution is 2.35. The number of phenols is 5. The summed E-state index contributed by atoms with van der Waals surface area (Å²) in [5.41, 5.74) is 1.02. The molecule has 0 spiro atoms. The largest absolute Gasteiger partial charge is 0.508 e. The molecule has 4 rings (SSSR count). The van der Waals surface area contributed by atoms with Gasteiger partial charge in [0.05, 0.1) is 5.56 Å². The quantitative estimate of drug-likeness (QED) is 0.121. The normalized spacial score (nSPS) is 23.0. The van der Waals surface area contributed by atoms with Gasteiger partial charge < -0.3 is 55.1 Å². The van der Waals surface area contributed by atoms with E-state index in [2.05, 4.69) is 0 Å². The van der Waals surface area contributed by atoms with Crippen LogP contribution in [0, 0.1) is 0 Å². The molecule has 0 unspecified atom stereocenters. The van der Waals surface area contributed by atoms with E-state index in [0.29, 0.717) is 5.56 Å². The number of ether oxygens (including phenoxy) is 3. The minimum Gasteiger partial charge on any atom is -0.508 e. The van der Waals surface area contributed by atoms with Crippen molar-refractivity contribution in [1.82, 2.24) is 0 Å². The number of aliphatic hydroxyl groups excluding tert-OH is 3. The third-order valence-corrected chi connectivity index (χ3v) is 5.88. The molecule has 0 radical (unpaired) electrons. The summed E-state index contributed by atoms with van der Waals surface area (Å²) in [5.74, 6) is -3.24. The summed E-state index contributed by atoms with van der Waals surface area (Å²) in [6.07, 6.45) is -4.33. The third kappa shape index (κ3) is 6.51. The van der Waals surface area contributed by atoms with E-state index in [1.54, 1.807) is 36.4 Å². The Kier molecular flexibility index (Phi) is 8.12. The molecule has 1 aliphatic rings. The fourth-order valence-corrected chi connectivity index (χ4v) is 3.81. The van der Waals surface area contributed by atoms with Gasteiger partial charge in [0.25, 0.3) is 0 Å². The van der Waals surface area contributed by atoms with Crippen LogP contribution in [0.15, 0.2) is 54.6 Å². The van der Waals surface area contributed by atoms with Crippen LogP contribution >= 0.6 is 0 Å². The standard InChI is InChI=1S/C27H26O12/c28-16-7-14(8-17(29)11-16)2-1-13-3-5-18(6-4-13)38-27-25(35)24(34)23(33)21(39-27)12-37-26(36)15-9-19(30)22(32)20(31)10-15/h1-11,21,23-25,27-35H,12H2/t21-,23-,24+,25-,27+/m1/s1. The third-order valence-electron chi connectivity index (χ3n) is 5.88. The molecular weight excluding hydrogens is 516 g/mol. The zero-order chi connectivity index (χ0) is 28.3. The maximum atomic E-state index is 12.3. The molecule has 1 saturated heterocycles. The lowest BCUT2D eigenvalue weighted by Crippen LogP contribution is -2.60. The molecule has 1 heterocycles. The molecule has 5 atom stereocenters. The van der Waals surface area contributed by atoms with Gasteiger partial charge in [0.1, 0.15) is 48.3 Å². The fourth-order valence-electron chi connectivity index (χ4n) is 3.81. The molecule has 0 bridgehead atoms. The lowest BCUT2D eigenvalue weighted by atomic mass is 9.99. The van der Waals surface area contributed by atoms with Crippen molar-refractivity contribution in [3.8, 4) is 34.5 Å². The molecule has 1 aliphatic heterocycles. The Hall–Kier alpha value is -4.49. The van der Waals surface area contributed by atoms with Crippen molar-refractivity contribution in [2.45, 2.75) is 30.7 Å². The van der Waals surface area contributed by atoms with E-state index in [1.807, 2.05) is 0 Å². The number of carbonyl (C=O) groups excluding carboxylic acids is 1. The number of rotatable bonds is 7. The van der Waals surface area contributed by atoms with Crippen LogP contribution < -0.4 is 4.74 Å². The Morgan fingerprint density at radius 1 is 0.769 bits per heavy atom. The van der Waals surface area contributed by atoms with Gasteiger partial charge in [-0.3, -0.25) is 0 Å². The number of aliphatic hydroxyl groups is 3. The SMILES string of the molecule is O=C(OC[C@H]1O[C@H](Oc2ccc(C=Cc3cc(O)cc(O)c3)cc2)[C@H](O)[C@@H](O)[C@@H]1O)c1cc(O)c(O)c(O)c1. The van der Waals surface area contributed by atoms with E-state index in [1.165, 1.54) is 18.2 Å². The molecular formula is C27H26O12. The molecule has 1 fully saturated rings. The molecule has 12 nitrogen and oxygen atoms in total. The Bertz CT molecular complexity index is 1310. The molecule has 0 aromatic heterocycles. The first-order valence-electron chi connectivity index (χ1n) is 11.6. The minimum absolute atomic E-state index is 0.0799. The molecule has 12 heteroatoms. The number of hydrogen-bond donors (Lipinski definition) is 8. The summed E-state index contributed by atoms with van der Waals surface area (Å²) in [7, 11) is 0. The summed E-state index contributed by atoms with van der Waals surface area (Å²) in [6.45, 7) is -0.583. The number of phenolic OH excluding ortho intramolecular Hbond substituents is 5. The van der Waals surface area contributed by atoms with Crippen molar-refractivity contribution in [3.63, 3.8) is 0 Å². The van der Waals surface area contributed by atoms with Crippen LogP contribution in [0.3, 0.4) is 0 Å². The zero-order valence-electron chi connectivity index (χ0n) is 20.2. The number of aromatic hydroxyl groups is 5. The summed E-state index contributed by atoms with van der Waals surface area (Å²) in [4.78, 5) is 12.3. The van der Waals surface area contributed by atoms with Crippen molar-refractivity contribution in [3.05, 3.63) is 71.3 Å². The van der Waals surface area contributed by atoms with Crippen LogP contribution in [-0.2, 0) is 9.47 Å². The van der Waals surface area contributed by atoms with E-state index >= 15 is 0 Å². The molecule has 0 aliphatic carbocycles. The minimum atomic E-state index is -1.70. The average molecular weight is 542 g/mol. The molecule has 0 amide bonds. The van der Waals surface area contributed by atoms with Gasteiger partial charge in [-0.15, -0.1) is 0 Å². The van der Waals surface area contributed by atoms with E-state index in [9.17, 15) is 45.6 Å². The van der Waals surface area contributed by atoms with Gasteiger partial charge in [-0.05, 0) is 47.5 Å². The topological polar surface area (TPSA) is 207 Å². The summed E-state index contributed by atoms with van der Waals surface area (Å²) >= 11 is 0. The number of carbonyl (C=O) groups is 1. The molecule has 8 N–H and O–H groups in total. The fraction of sp³-hybridized carbons (Fsp3) is 0.222. The van der Waals surface area contributed by atoms with Crippen LogP contribution in [0.1, 0.15) is 21.5 Å². The maximum absolute atomic E-state index is 12.3. The van der Waals surface area contributed by atoms with E-state index < -0.39 is 60.5 Å². The predicted octanol–water partition coefficient (Wildman–Crippen LogP) is 1.43. The van der Waals surface area contributed by atoms with Crippen molar-refractivity contribution < 1.29 is 59.9 Å². The van der Waals surface area contributed by atoms with E-state index in [0.717, 1.165) is 17.7 Å². The Morgan fingerprint density at radius 3 is 1.97 bits per heavy atom. The molecule has 39 heavy (non-hydrogen) atoms. The number of benzene rings is 3. The molecule has 3 aromatic carbocycles. The number of esters is 1. The highest BCUT2D eigenvalue weighted by Gasteiger charge is 2.45. The van der Waals surface area contributed by atoms with Crippen molar-refractivity contribution in [1.29, 1.82) is 0 Å². The summed E-state index contributed by atoms with van der Waals surface area (Å²) in [6, 6.07) is 12.4. The predicted molar refractivity (Wildman–Crippen MR) is 134 cm³/mol.